The van der Waals surface area contributed by atoms with Gasteiger partial charge in [-0.3, -0.25) is 0 Å². The van der Waals surface area contributed by atoms with Crippen molar-refractivity contribution >= 4 is 134 Å². The highest BCUT2D eigenvalue weighted by Gasteiger charge is 2.23. The van der Waals surface area contributed by atoms with Gasteiger partial charge in [-0.15, -0.1) is 0 Å². The first-order valence-electron chi connectivity index (χ1n) is 31.7. The van der Waals surface area contributed by atoms with E-state index >= 15 is 0 Å². The molecule has 8 heteroatoms. The van der Waals surface area contributed by atoms with Crippen LogP contribution in [0.4, 0.5) is 0 Å². The minimum atomic E-state index is 0.889. The molecule has 2 aliphatic heterocycles. The Balaban J connectivity index is 1.00. The van der Waals surface area contributed by atoms with Crippen molar-refractivity contribution < 1.29 is 0 Å². The molecule has 88 heavy (non-hydrogen) atoms. The molecule has 15 aromatic rings. The van der Waals surface area contributed by atoms with Gasteiger partial charge in [0, 0.05) is 158 Å². The monoisotopic (exact) mass is 1140 g/mol. The third kappa shape index (κ3) is 7.97. The predicted molar refractivity (Wildman–Crippen MR) is 374 cm³/mol. The van der Waals surface area contributed by atoms with Crippen LogP contribution in [-0.2, 0) is 26.2 Å². The molecule has 0 amide bonds. The quantitative estimate of drug-likeness (QED) is 0.128. The number of hydrogen-bond donors (Lipinski definition) is 2. The summed E-state index contributed by atoms with van der Waals surface area (Å²) in [5.41, 5.74) is 25.9. The Morgan fingerprint density at radius 1 is 0.261 bits per heavy atom. The Bertz CT molecular complexity index is 4960. The van der Waals surface area contributed by atoms with Crippen molar-refractivity contribution in [1.29, 1.82) is 0 Å². The molecule has 0 fully saturated rings. The molecule has 0 atom stereocenters. The van der Waals surface area contributed by atoms with E-state index in [-0.39, 0.29) is 0 Å². The van der Waals surface area contributed by atoms with Crippen LogP contribution in [0.3, 0.4) is 0 Å². The molecule has 2 N–H and O–H groups in total. The van der Waals surface area contributed by atoms with E-state index in [0.29, 0.717) is 0 Å². The minimum Gasteiger partial charge on any atom is -0.354 e. The van der Waals surface area contributed by atoms with Gasteiger partial charge in [0.2, 0.25) is 0 Å². The number of nitrogens with zero attached hydrogens (tertiary/aromatic N) is 6. The number of benzene rings is 8. The molecule has 0 unspecified atom stereocenters. The van der Waals surface area contributed by atoms with E-state index in [1.807, 2.05) is 0 Å². The van der Waals surface area contributed by atoms with Crippen molar-refractivity contribution in [2.24, 2.45) is 0 Å². The van der Waals surface area contributed by atoms with Crippen LogP contribution < -0.4 is 0 Å². The van der Waals surface area contributed by atoms with Crippen molar-refractivity contribution in [1.82, 2.24) is 38.2 Å². The van der Waals surface area contributed by atoms with Crippen LogP contribution >= 0.6 is 0 Å². The molecule has 0 saturated carbocycles. The number of nitrogens with one attached hydrogen (secondary N) is 2. The summed E-state index contributed by atoms with van der Waals surface area (Å²) in [5, 5.41) is 9.94. The van der Waals surface area contributed by atoms with Gasteiger partial charge in [-0.2, -0.15) is 0 Å². The molecule has 2 aliphatic rings. The van der Waals surface area contributed by atoms with Gasteiger partial charge in [0.1, 0.15) is 0 Å². The van der Waals surface area contributed by atoms with Crippen molar-refractivity contribution in [2.75, 3.05) is 0 Å². The van der Waals surface area contributed by atoms with Gasteiger partial charge in [-0.05, 0) is 169 Å². The molecule has 7 aromatic heterocycles. The summed E-state index contributed by atoms with van der Waals surface area (Å²) in [6, 6.07) is 72.7. The lowest BCUT2D eigenvalue weighted by molar-refractivity contribution is 0.724. The summed E-state index contributed by atoms with van der Waals surface area (Å²) in [6.07, 6.45) is 13.1. The summed E-state index contributed by atoms with van der Waals surface area (Å²) in [7, 11) is 0. The first-order valence-corrected chi connectivity index (χ1v) is 31.7. The van der Waals surface area contributed by atoms with Gasteiger partial charge >= 0.3 is 0 Å². The summed E-state index contributed by atoms with van der Waals surface area (Å²) in [5.74, 6) is 0. The van der Waals surface area contributed by atoms with Gasteiger partial charge < -0.3 is 28.2 Å². The van der Waals surface area contributed by atoms with Crippen molar-refractivity contribution in [3.63, 3.8) is 0 Å². The van der Waals surface area contributed by atoms with Gasteiger partial charge in [-0.25, -0.2) is 9.97 Å². The van der Waals surface area contributed by atoms with Crippen LogP contribution in [0.1, 0.15) is 76.2 Å². The van der Waals surface area contributed by atoms with E-state index < -0.39 is 0 Å². The number of aromatic amines is 2. The molecule has 9 heterocycles. The van der Waals surface area contributed by atoms with E-state index in [4.69, 9.17) is 9.97 Å². The molecule has 8 bridgehead atoms. The Morgan fingerprint density at radius 3 is 0.727 bits per heavy atom. The van der Waals surface area contributed by atoms with Crippen LogP contribution in [0.2, 0.25) is 0 Å². The summed E-state index contributed by atoms with van der Waals surface area (Å²) in [6.45, 7) is 12.8. The zero-order valence-electron chi connectivity index (χ0n) is 50.1. The fourth-order valence-corrected chi connectivity index (χ4v) is 15.1. The van der Waals surface area contributed by atoms with Crippen molar-refractivity contribution in [3.05, 3.63) is 217 Å². The van der Waals surface area contributed by atoms with E-state index in [2.05, 4.69) is 274 Å². The van der Waals surface area contributed by atoms with Gasteiger partial charge in [0.25, 0.3) is 0 Å². The van der Waals surface area contributed by atoms with Crippen LogP contribution in [0.15, 0.2) is 194 Å². The van der Waals surface area contributed by atoms with E-state index in [9.17, 15) is 0 Å². The molecule has 17 rings (SSSR count). The smallest absolute Gasteiger partial charge is 0.0737 e. The molecule has 426 valence electrons. The number of fused-ring (bicyclic) bond motifs is 20. The normalized spacial score (nSPS) is 12.6. The fraction of sp³-hybridized carbons (Fsp3) is 0.150. The molecule has 8 nitrogen and oxygen atoms in total. The second-order valence-corrected chi connectivity index (χ2v) is 24.1. The maximum Gasteiger partial charge on any atom is 0.0737 e. The number of aryl methyl sites for hydroxylation is 4. The Kier molecular flexibility index (Phi) is 12.2. The van der Waals surface area contributed by atoms with Crippen molar-refractivity contribution in [2.45, 2.75) is 79.6 Å². The minimum absolute atomic E-state index is 0.889. The summed E-state index contributed by atoms with van der Waals surface area (Å²) < 4.78 is 9.94. The SMILES string of the molecule is CCCn1c2ccccc2c2cc(-c3c4nc(c(-c5ccc6c(c5)c5ccccc5n6CCC)c5ccc([nH]5)c(-c5ccc6c(c5)c5ccccc5n6CCC)c5nc(c(-c6ccc7c(c6)c6ccccc6n7CCC)c6ccc3[nH]6)C=C5)C=C4)ccc21. The number of H-pyrrole nitrogens is 2. The third-order valence-corrected chi connectivity index (χ3v) is 18.8. The van der Waals surface area contributed by atoms with E-state index in [1.54, 1.807) is 0 Å². The first-order chi connectivity index (χ1) is 43.5. The second kappa shape index (κ2) is 20.6. The highest BCUT2D eigenvalue weighted by molar-refractivity contribution is 6.14. The van der Waals surface area contributed by atoms with Gasteiger partial charge in [-0.1, -0.05) is 125 Å². The maximum absolute atomic E-state index is 5.85. The molecule has 0 aliphatic carbocycles. The fourth-order valence-electron chi connectivity index (χ4n) is 15.1. The molecular formula is C80H66N8. The Hall–Kier alpha value is -10.4. The third-order valence-electron chi connectivity index (χ3n) is 18.8. The second-order valence-electron chi connectivity index (χ2n) is 24.1. The van der Waals surface area contributed by atoms with Crippen molar-refractivity contribution in [3.8, 4) is 44.5 Å². The lowest BCUT2D eigenvalue weighted by Crippen LogP contribution is -1.96. The Labute approximate surface area is 510 Å². The van der Waals surface area contributed by atoms with Crippen LogP contribution in [0.5, 0.6) is 0 Å². The lowest BCUT2D eigenvalue weighted by Gasteiger charge is -2.09. The molecule has 0 radical (unpaired) electrons. The molecule has 0 spiro atoms. The zero-order valence-corrected chi connectivity index (χ0v) is 50.1. The molecule has 8 aromatic carbocycles. The number of para-hydroxylation sites is 4. The van der Waals surface area contributed by atoms with Crippen LogP contribution in [-0.4, -0.2) is 38.2 Å². The number of rotatable bonds is 12. The number of aromatic nitrogens is 8. The summed E-state index contributed by atoms with van der Waals surface area (Å²) in [4.78, 5) is 19.9. The average Bonchev–Trinajstić information content (AvgIpc) is 1.89. The summed E-state index contributed by atoms with van der Waals surface area (Å²) >= 11 is 0. The highest BCUT2D eigenvalue weighted by Crippen LogP contribution is 2.44. The van der Waals surface area contributed by atoms with Crippen LogP contribution in [0.25, 0.3) is 178 Å². The topological polar surface area (TPSA) is 77.1 Å². The van der Waals surface area contributed by atoms with Gasteiger partial charge in [0.15, 0.2) is 0 Å². The largest absolute Gasteiger partial charge is 0.354 e. The zero-order chi connectivity index (χ0) is 58.7. The Morgan fingerprint density at radius 2 is 0.489 bits per heavy atom. The predicted octanol–water partition coefficient (Wildman–Crippen LogP) is 21.4. The van der Waals surface area contributed by atoms with Crippen LogP contribution in [0, 0.1) is 0 Å². The van der Waals surface area contributed by atoms with E-state index in [1.165, 1.54) is 87.2 Å². The molecule has 0 saturated heterocycles. The highest BCUT2D eigenvalue weighted by atomic mass is 15.0. The standard InChI is InChI=1S/C80H66N8/c1-5-41-85-69-21-13-9-17-53(69)57-45-49(25-37-73(57)85)77-61-29-31-63(81-61)78(50-26-38-74-58(46-50)54-18-10-14-22-70(54)86(74)42-6-2)65-33-35-67(83-65)80(52-28-40-76-60(48-52)56-20-12-16-24-72(56)88(76)44-8-4)68-36-34-66(84-68)79(64-32-30-62(77)82-64)51-27-39-75-59(47-51)55-19-11-15-23-71(55)87(75)43-7-3/h9-40,45-48,81,84H,5-8,41-44H2,1-4H3. The van der Waals surface area contributed by atoms with Gasteiger partial charge in [0.05, 0.1) is 22.8 Å². The number of hydrogen-bond acceptors (Lipinski definition) is 2. The average molecular weight is 1140 g/mol. The maximum atomic E-state index is 5.85. The molecular weight excluding hydrogens is 1070 g/mol. The lowest BCUT2D eigenvalue weighted by atomic mass is 10.0. The van der Waals surface area contributed by atoms with E-state index in [0.717, 1.165) is 141 Å². The first kappa shape index (κ1) is 51.9.